The number of non-ortho nitro benzene ring substituents is 1. The summed E-state index contributed by atoms with van der Waals surface area (Å²) in [7, 11) is 0. The Morgan fingerprint density at radius 2 is 1.46 bits per heavy atom. The van der Waals surface area contributed by atoms with E-state index in [1.165, 1.54) is 43.3 Å². The van der Waals surface area contributed by atoms with E-state index >= 15 is 0 Å². The number of ether oxygens (including phenoxy) is 1. The van der Waals surface area contributed by atoms with Crippen molar-refractivity contribution >= 4 is 23.5 Å². The van der Waals surface area contributed by atoms with Crippen molar-refractivity contribution in [1.82, 2.24) is 10.6 Å². The molecule has 3 aromatic carbocycles. The number of phenols is 1. The van der Waals surface area contributed by atoms with E-state index in [0.29, 0.717) is 16.7 Å². The highest BCUT2D eigenvalue weighted by molar-refractivity contribution is 5.97. The fourth-order valence-electron chi connectivity index (χ4n) is 3.57. The molecule has 192 valence electrons. The molecule has 0 aromatic heterocycles. The van der Waals surface area contributed by atoms with Gasteiger partial charge in [0.2, 0.25) is 5.91 Å². The van der Waals surface area contributed by atoms with Crippen LogP contribution < -0.4 is 10.6 Å². The molecule has 0 spiro atoms. The fourth-order valence-corrected chi connectivity index (χ4v) is 3.57. The predicted molar refractivity (Wildman–Crippen MR) is 135 cm³/mol. The molecular weight excluding hydrogens is 478 g/mol. The van der Waals surface area contributed by atoms with Crippen molar-refractivity contribution in [2.75, 3.05) is 0 Å². The number of carbonyl (C=O) groups is 3. The molecule has 0 aliphatic carbocycles. The van der Waals surface area contributed by atoms with Gasteiger partial charge in [0.15, 0.2) is 6.23 Å². The van der Waals surface area contributed by atoms with Crippen molar-refractivity contribution in [3.8, 4) is 5.75 Å². The fraction of sp³-hybridized carbons (Fsp3) is 0.222. The van der Waals surface area contributed by atoms with E-state index in [4.69, 9.17) is 4.74 Å². The number of rotatable bonds is 10. The normalized spacial score (nSPS) is 12.2. The van der Waals surface area contributed by atoms with Gasteiger partial charge in [-0.1, -0.05) is 42.0 Å². The number of aryl methyl sites for hydroxylation is 1. The second kappa shape index (κ2) is 12.3. The molecule has 0 unspecified atom stereocenters. The zero-order chi connectivity index (χ0) is 26.9. The Balaban J connectivity index is 1.82. The smallest absolute Gasteiger partial charge is 0.304 e. The van der Waals surface area contributed by atoms with Gasteiger partial charge in [0, 0.05) is 37.5 Å². The summed E-state index contributed by atoms with van der Waals surface area (Å²) in [5.41, 5.74) is 2.50. The second-order valence-corrected chi connectivity index (χ2v) is 8.50. The van der Waals surface area contributed by atoms with Gasteiger partial charge in [0.1, 0.15) is 11.8 Å². The van der Waals surface area contributed by atoms with Gasteiger partial charge in [0.05, 0.1) is 4.92 Å². The van der Waals surface area contributed by atoms with E-state index in [1.54, 1.807) is 36.4 Å². The van der Waals surface area contributed by atoms with Crippen molar-refractivity contribution in [1.29, 1.82) is 0 Å². The monoisotopic (exact) mass is 505 g/mol. The van der Waals surface area contributed by atoms with Crippen LogP contribution in [0, 0.1) is 17.0 Å². The van der Waals surface area contributed by atoms with E-state index in [9.17, 15) is 29.6 Å². The molecule has 2 amide bonds. The number of hydrogen-bond donors (Lipinski definition) is 3. The zero-order valence-corrected chi connectivity index (χ0v) is 20.3. The van der Waals surface area contributed by atoms with Crippen molar-refractivity contribution in [3.63, 3.8) is 0 Å². The largest absolute Gasteiger partial charge is 0.508 e. The minimum atomic E-state index is -1.08. The van der Waals surface area contributed by atoms with Crippen LogP contribution in [0.15, 0.2) is 72.8 Å². The van der Waals surface area contributed by atoms with Crippen molar-refractivity contribution < 1.29 is 29.2 Å². The van der Waals surface area contributed by atoms with Gasteiger partial charge in [-0.05, 0) is 42.3 Å². The maximum absolute atomic E-state index is 13.3. The maximum Gasteiger partial charge on any atom is 0.304 e. The van der Waals surface area contributed by atoms with E-state index in [0.717, 1.165) is 5.56 Å². The number of hydrogen-bond acceptors (Lipinski definition) is 7. The Morgan fingerprint density at radius 3 is 2.03 bits per heavy atom. The number of benzene rings is 3. The third kappa shape index (κ3) is 8.17. The van der Waals surface area contributed by atoms with Gasteiger partial charge >= 0.3 is 5.97 Å². The van der Waals surface area contributed by atoms with Crippen LogP contribution in [0.3, 0.4) is 0 Å². The molecule has 2 atom stereocenters. The summed E-state index contributed by atoms with van der Waals surface area (Å²) in [5.74, 6) is -1.63. The molecule has 0 aliphatic heterocycles. The van der Waals surface area contributed by atoms with Crippen LogP contribution in [-0.2, 0) is 27.2 Å². The van der Waals surface area contributed by atoms with Crippen molar-refractivity contribution in [3.05, 3.63) is 105 Å². The molecule has 3 rings (SSSR count). The average molecular weight is 506 g/mol. The van der Waals surface area contributed by atoms with Gasteiger partial charge in [0.25, 0.3) is 11.6 Å². The average Bonchev–Trinajstić information content (AvgIpc) is 2.85. The lowest BCUT2D eigenvalue weighted by Gasteiger charge is -2.23. The summed E-state index contributed by atoms with van der Waals surface area (Å²) >= 11 is 0. The summed E-state index contributed by atoms with van der Waals surface area (Å²) in [6.45, 7) is 3.10. The van der Waals surface area contributed by atoms with E-state index in [1.807, 2.05) is 6.92 Å². The quantitative estimate of drug-likeness (QED) is 0.166. The standard InChI is InChI=1S/C27H27N3O7/c1-17-3-9-21(10-4-17)26(33)28-24(15-19-5-11-22(12-6-19)30(35)36)27(34)29-25(37-18(2)31)16-20-7-13-23(32)14-8-20/h3-14,24-25,32H,15-16H2,1-2H3,(H,28,33)(H,29,34)/t24-,25+/m0/s1. The summed E-state index contributed by atoms with van der Waals surface area (Å²) in [6, 6.07) is 17.6. The summed E-state index contributed by atoms with van der Waals surface area (Å²) < 4.78 is 5.28. The molecule has 0 bridgehead atoms. The first-order valence-electron chi connectivity index (χ1n) is 11.5. The molecule has 0 aliphatic rings. The van der Waals surface area contributed by atoms with Gasteiger partial charge in [-0.3, -0.25) is 24.5 Å². The molecule has 3 aromatic rings. The highest BCUT2D eigenvalue weighted by Crippen LogP contribution is 2.15. The third-order valence-corrected chi connectivity index (χ3v) is 5.49. The number of esters is 1. The first kappa shape index (κ1) is 26.9. The predicted octanol–water partition coefficient (Wildman–Crippen LogP) is 3.20. The van der Waals surface area contributed by atoms with Gasteiger partial charge < -0.3 is 20.5 Å². The van der Waals surface area contributed by atoms with E-state index in [-0.39, 0.29) is 24.3 Å². The van der Waals surface area contributed by atoms with Crippen molar-refractivity contribution in [2.24, 2.45) is 0 Å². The number of phenolic OH excluding ortho intramolecular Hbond substituents is 1. The first-order valence-corrected chi connectivity index (χ1v) is 11.5. The minimum absolute atomic E-state index is 0.0351. The van der Waals surface area contributed by atoms with Crippen LogP contribution in [0.2, 0.25) is 0 Å². The van der Waals surface area contributed by atoms with Gasteiger partial charge in [-0.2, -0.15) is 0 Å². The van der Waals surface area contributed by atoms with Crippen LogP contribution in [0.25, 0.3) is 0 Å². The SMILES string of the molecule is CC(=O)O[C@H](Cc1ccc(O)cc1)NC(=O)[C@H](Cc1ccc([N+](=O)[O-])cc1)NC(=O)c1ccc(C)cc1. The lowest BCUT2D eigenvalue weighted by molar-refractivity contribution is -0.384. The van der Waals surface area contributed by atoms with E-state index < -0.39 is 35.0 Å². The molecule has 0 heterocycles. The maximum atomic E-state index is 13.3. The molecule has 37 heavy (non-hydrogen) atoms. The second-order valence-electron chi connectivity index (χ2n) is 8.50. The Morgan fingerprint density at radius 1 is 0.892 bits per heavy atom. The highest BCUT2D eigenvalue weighted by Gasteiger charge is 2.26. The van der Waals surface area contributed by atoms with Crippen LogP contribution >= 0.6 is 0 Å². The lowest BCUT2D eigenvalue weighted by Crippen LogP contribution is -2.52. The minimum Gasteiger partial charge on any atom is -0.508 e. The number of nitro benzene ring substituents is 1. The van der Waals surface area contributed by atoms with Crippen LogP contribution in [0.5, 0.6) is 5.75 Å². The molecule has 10 nitrogen and oxygen atoms in total. The number of nitro groups is 1. The van der Waals surface area contributed by atoms with Crippen LogP contribution in [0.1, 0.15) is 34.0 Å². The molecule has 0 saturated carbocycles. The van der Waals surface area contributed by atoms with Crippen LogP contribution in [-0.4, -0.2) is 40.1 Å². The number of nitrogens with zero attached hydrogens (tertiary/aromatic N) is 1. The van der Waals surface area contributed by atoms with Gasteiger partial charge in [-0.25, -0.2) is 0 Å². The number of carbonyl (C=O) groups excluding carboxylic acids is 3. The van der Waals surface area contributed by atoms with Gasteiger partial charge in [-0.15, -0.1) is 0 Å². The van der Waals surface area contributed by atoms with Crippen LogP contribution in [0.4, 0.5) is 5.69 Å². The van der Waals surface area contributed by atoms with Crippen molar-refractivity contribution in [2.45, 2.75) is 39.0 Å². The highest BCUT2D eigenvalue weighted by atomic mass is 16.6. The molecule has 3 N–H and O–H groups in total. The Labute approximate surface area is 213 Å². The molecule has 0 saturated heterocycles. The molecule has 0 fully saturated rings. The zero-order valence-electron chi connectivity index (χ0n) is 20.3. The number of nitrogens with one attached hydrogen (secondary N) is 2. The summed E-state index contributed by atoms with van der Waals surface area (Å²) in [6.07, 6.45) is -0.875. The Hall–Kier alpha value is -4.73. The summed E-state index contributed by atoms with van der Waals surface area (Å²) in [5, 5.41) is 25.8. The van der Waals surface area contributed by atoms with E-state index in [2.05, 4.69) is 10.6 Å². The molecule has 0 radical (unpaired) electrons. The molecular formula is C27H27N3O7. The lowest BCUT2D eigenvalue weighted by atomic mass is 10.0. The molecule has 10 heteroatoms. The summed E-state index contributed by atoms with van der Waals surface area (Å²) in [4.78, 5) is 48.3. The number of aromatic hydroxyl groups is 1. The number of amides is 2. The topological polar surface area (TPSA) is 148 Å². The third-order valence-electron chi connectivity index (χ3n) is 5.49. The Kier molecular flexibility index (Phi) is 8.93. The Bertz CT molecular complexity index is 1260. The first-order chi connectivity index (χ1) is 17.6.